The van der Waals surface area contributed by atoms with Gasteiger partial charge >= 0.3 is 0 Å². The summed E-state index contributed by atoms with van der Waals surface area (Å²) in [4.78, 5) is 17.3. The van der Waals surface area contributed by atoms with Crippen LogP contribution in [0.15, 0.2) is 31.0 Å². The summed E-state index contributed by atoms with van der Waals surface area (Å²) in [6, 6.07) is 3.76. The van der Waals surface area contributed by atoms with E-state index in [1.165, 1.54) is 0 Å². The molecule has 1 aromatic rings. The van der Waals surface area contributed by atoms with Crippen LogP contribution in [0.4, 0.5) is 0 Å². The molecule has 2 fully saturated rings. The van der Waals surface area contributed by atoms with Gasteiger partial charge in [0.1, 0.15) is 5.69 Å². The number of ether oxygens (including phenoxy) is 2. The van der Waals surface area contributed by atoms with Crippen LogP contribution >= 0.6 is 0 Å². The van der Waals surface area contributed by atoms with Crippen molar-refractivity contribution in [1.82, 2.24) is 9.88 Å². The Kier molecular flexibility index (Phi) is 3.40. The molecule has 0 unspecified atom stereocenters. The van der Waals surface area contributed by atoms with Crippen LogP contribution < -0.4 is 0 Å². The number of carbonyl (C=O) groups excluding carboxylic acids is 1. The molecule has 0 saturated carbocycles. The molecular weight excluding hydrogens is 244 g/mol. The first-order valence-electron chi connectivity index (χ1n) is 6.56. The molecule has 2 aliphatic rings. The molecule has 5 nitrogen and oxygen atoms in total. The first-order chi connectivity index (χ1) is 9.31. The van der Waals surface area contributed by atoms with Crippen molar-refractivity contribution in [2.24, 2.45) is 5.92 Å². The van der Waals surface area contributed by atoms with Crippen molar-refractivity contribution in [2.45, 2.75) is 12.1 Å². The topological polar surface area (TPSA) is 54.6 Å². The maximum absolute atomic E-state index is 12.4. The number of hydrogen-bond acceptors (Lipinski definition) is 3. The summed E-state index contributed by atoms with van der Waals surface area (Å²) in [5.41, 5.74) is 0.620. The van der Waals surface area contributed by atoms with Gasteiger partial charge in [-0.25, -0.2) is 0 Å². The number of nitrogens with one attached hydrogen (secondary N) is 1. The molecule has 19 heavy (non-hydrogen) atoms. The summed E-state index contributed by atoms with van der Waals surface area (Å²) in [7, 11) is 0. The van der Waals surface area contributed by atoms with Gasteiger partial charge in [-0.2, -0.15) is 0 Å². The number of fused-ring (bicyclic) bond motifs is 1. The summed E-state index contributed by atoms with van der Waals surface area (Å²) < 4.78 is 11.3. The van der Waals surface area contributed by atoms with E-state index >= 15 is 0 Å². The number of carbonyl (C=O) groups is 1. The molecule has 2 saturated heterocycles. The number of likely N-dealkylation sites (tertiary alicyclic amines) is 1. The third kappa shape index (κ3) is 2.19. The van der Waals surface area contributed by atoms with E-state index in [9.17, 15) is 4.79 Å². The SMILES string of the molecule is C=CCO[C@@H]1CN(C(=O)c2ccc[nH]2)[C@H]2COC[C@@H]12. The van der Waals surface area contributed by atoms with Gasteiger partial charge in [-0.05, 0) is 12.1 Å². The van der Waals surface area contributed by atoms with E-state index in [0.29, 0.717) is 32.1 Å². The summed E-state index contributed by atoms with van der Waals surface area (Å²) >= 11 is 0. The van der Waals surface area contributed by atoms with E-state index in [2.05, 4.69) is 11.6 Å². The van der Waals surface area contributed by atoms with Crippen LogP contribution in [-0.4, -0.2) is 54.3 Å². The molecule has 1 amide bonds. The molecular formula is C14H18N2O3. The average molecular weight is 262 g/mol. The van der Waals surface area contributed by atoms with E-state index in [-0.39, 0.29) is 24.0 Å². The zero-order valence-electron chi connectivity index (χ0n) is 10.7. The monoisotopic (exact) mass is 262 g/mol. The molecule has 102 valence electrons. The molecule has 5 heteroatoms. The van der Waals surface area contributed by atoms with E-state index in [1.54, 1.807) is 18.3 Å². The lowest BCUT2D eigenvalue weighted by Gasteiger charge is -2.21. The Morgan fingerprint density at radius 1 is 1.63 bits per heavy atom. The van der Waals surface area contributed by atoms with E-state index in [1.807, 2.05) is 11.0 Å². The minimum absolute atomic E-state index is 0.0233. The molecule has 0 spiro atoms. The minimum atomic E-state index is 0.0233. The maximum atomic E-state index is 12.4. The highest BCUT2D eigenvalue weighted by Crippen LogP contribution is 2.32. The standard InChI is InChI=1S/C14H18N2O3/c1-2-6-19-13-7-16(12-9-18-8-10(12)13)14(17)11-4-3-5-15-11/h2-5,10,12-13,15H,1,6-9H2/t10-,12+,13-/m1/s1. The highest BCUT2D eigenvalue weighted by atomic mass is 16.5. The molecule has 0 bridgehead atoms. The molecule has 2 aliphatic heterocycles. The Hall–Kier alpha value is -1.59. The van der Waals surface area contributed by atoms with Crippen LogP contribution in [-0.2, 0) is 9.47 Å². The lowest BCUT2D eigenvalue weighted by atomic mass is 10.0. The third-order valence-electron chi connectivity index (χ3n) is 3.87. The van der Waals surface area contributed by atoms with E-state index in [4.69, 9.17) is 9.47 Å². The zero-order valence-corrected chi connectivity index (χ0v) is 10.7. The quantitative estimate of drug-likeness (QED) is 0.825. The molecule has 3 heterocycles. The van der Waals surface area contributed by atoms with Gasteiger partial charge in [0, 0.05) is 18.7 Å². The fourth-order valence-electron chi connectivity index (χ4n) is 2.92. The second kappa shape index (κ2) is 5.19. The summed E-state index contributed by atoms with van der Waals surface area (Å²) in [5, 5.41) is 0. The lowest BCUT2D eigenvalue weighted by Crippen LogP contribution is -2.38. The van der Waals surface area contributed by atoms with Crippen molar-refractivity contribution in [3.63, 3.8) is 0 Å². The summed E-state index contributed by atoms with van der Waals surface area (Å²) in [6.45, 7) is 6.07. The minimum Gasteiger partial charge on any atom is -0.379 e. The largest absolute Gasteiger partial charge is 0.379 e. The molecule has 0 aliphatic carbocycles. The predicted molar refractivity (Wildman–Crippen MR) is 69.9 cm³/mol. The van der Waals surface area contributed by atoms with Gasteiger partial charge in [0.15, 0.2) is 0 Å². The van der Waals surface area contributed by atoms with Gasteiger partial charge in [-0.1, -0.05) is 6.08 Å². The van der Waals surface area contributed by atoms with Crippen molar-refractivity contribution < 1.29 is 14.3 Å². The van der Waals surface area contributed by atoms with Crippen LogP contribution in [0.1, 0.15) is 10.5 Å². The highest BCUT2D eigenvalue weighted by Gasteiger charge is 2.48. The molecule has 1 N–H and O–H groups in total. The summed E-state index contributed by atoms with van der Waals surface area (Å²) in [5.74, 6) is 0.300. The van der Waals surface area contributed by atoms with Crippen molar-refractivity contribution in [3.8, 4) is 0 Å². The molecule has 3 atom stereocenters. The number of H-pyrrole nitrogens is 1. The van der Waals surface area contributed by atoms with Gasteiger partial charge in [0.25, 0.3) is 5.91 Å². The van der Waals surface area contributed by atoms with Gasteiger partial charge in [-0.15, -0.1) is 6.58 Å². The number of hydrogen-bond donors (Lipinski definition) is 1. The van der Waals surface area contributed by atoms with Gasteiger partial charge < -0.3 is 19.4 Å². The normalized spacial score (nSPS) is 29.5. The van der Waals surface area contributed by atoms with E-state index < -0.39 is 0 Å². The Labute approximate surface area is 112 Å². The van der Waals surface area contributed by atoms with Crippen LogP contribution in [0.3, 0.4) is 0 Å². The second-order valence-corrected chi connectivity index (χ2v) is 4.97. The average Bonchev–Trinajstić information content (AvgIpc) is 3.12. The summed E-state index contributed by atoms with van der Waals surface area (Å²) in [6.07, 6.45) is 3.54. The number of rotatable bonds is 4. The zero-order chi connectivity index (χ0) is 13.2. The number of aromatic amines is 1. The molecule has 0 radical (unpaired) electrons. The fourth-order valence-corrected chi connectivity index (χ4v) is 2.92. The van der Waals surface area contributed by atoms with Crippen LogP contribution in [0, 0.1) is 5.92 Å². The van der Waals surface area contributed by atoms with Crippen LogP contribution in [0.5, 0.6) is 0 Å². The smallest absolute Gasteiger partial charge is 0.270 e. The van der Waals surface area contributed by atoms with Crippen molar-refractivity contribution in [1.29, 1.82) is 0 Å². The van der Waals surface area contributed by atoms with Crippen molar-refractivity contribution >= 4 is 5.91 Å². The van der Waals surface area contributed by atoms with E-state index in [0.717, 1.165) is 0 Å². The van der Waals surface area contributed by atoms with Gasteiger partial charge in [0.2, 0.25) is 0 Å². The van der Waals surface area contributed by atoms with Gasteiger partial charge in [0.05, 0.1) is 32.0 Å². The third-order valence-corrected chi connectivity index (χ3v) is 3.87. The Balaban J connectivity index is 1.75. The Morgan fingerprint density at radius 2 is 2.53 bits per heavy atom. The Morgan fingerprint density at radius 3 is 3.26 bits per heavy atom. The first-order valence-corrected chi connectivity index (χ1v) is 6.56. The van der Waals surface area contributed by atoms with Crippen LogP contribution in [0.25, 0.3) is 0 Å². The molecule has 1 aromatic heterocycles. The lowest BCUT2D eigenvalue weighted by molar-refractivity contribution is 0.0329. The van der Waals surface area contributed by atoms with Crippen molar-refractivity contribution in [2.75, 3.05) is 26.4 Å². The van der Waals surface area contributed by atoms with Gasteiger partial charge in [-0.3, -0.25) is 4.79 Å². The second-order valence-electron chi connectivity index (χ2n) is 4.97. The maximum Gasteiger partial charge on any atom is 0.270 e. The number of aromatic nitrogens is 1. The predicted octanol–water partition coefficient (Wildman–Crippen LogP) is 1.06. The number of amides is 1. The fraction of sp³-hybridized carbons (Fsp3) is 0.500. The van der Waals surface area contributed by atoms with Crippen molar-refractivity contribution in [3.05, 3.63) is 36.7 Å². The Bertz CT molecular complexity index is 457. The highest BCUT2D eigenvalue weighted by molar-refractivity contribution is 5.93. The number of nitrogens with zero attached hydrogens (tertiary/aromatic N) is 1. The molecule has 0 aromatic carbocycles. The van der Waals surface area contributed by atoms with Crippen LogP contribution in [0.2, 0.25) is 0 Å². The molecule has 3 rings (SSSR count). The first kappa shape index (κ1) is 12.4.